The normalized spacial score (nSPS) is 20.4. The average Bonchev–Trinajstić information content (AvgIpc) is 2.89. The molecule has 1 aromatic carbocycles. The highest BCUT2D eigenvalue weighted by Gasteiger charge is 2.37. The number of aryl methyl sites for hydroxylation is 1. The van der Waals surface area contributed by atoms with Crippen LogP contribution in [0, 0.1) is 18.6 Å². The lowest BCUT2D eigenvalue weighted by Crippen LogP contribution is -2.34. The number of H-pyrrole nitrogens is 1. The van der Waals surface area contributed by atoms with E-state index in [-0.39, 0.29) is 24.2 Å². The first-order valence-electron chi connectivity index (χ1n) is 7.37. The van der Waals surface area contributed by atoms with Gasteiger partial charge in [0.1, 0.15) is 17.3 Å². The highest BCUT2D eigenvalue weighted by molar-refractivity contribution is 5.92. The summed E-state index contributed by atoms with van der Waals surface area (Å²) in [5, 5.41) is 9.90. The number of halogens is 2. The Morgan fingerprint density at radius 3 is 2.83 bits per heavy atom. The highest BCUT2D eigenvalue weighted by Crippen LogP contribution is 2.34. The zero-order valence-electron chi connectivity index (χ0n) is 12.8. The van der Waals surface area contributed by atoms with Crippen LogP contribution < -0.4 is 5.69 Å². The molecule has 0 radical (unpaired) electrons. The molecule has 0 unspecified atom stereocenters. The van der Waals surface area contributed by atoms with E-state index < -0.39 is 35.4 Å². The first-order chi connectivity index (χ1) is 11.3. The molecule has 0 aliphatic carbocycles. The van der Waals surface area contributed by atoms with Crippen molar-refractivity contribution in [2.75, 3.05) is 6.54 Å². The molecule has 2 heterocycles. The lowest BCUT2D eigenvalue weighted by atomic mass is 10.0. The van der Waals surface area contributed by atoms with E-state index in [1.807, 2.05) is 0 Å². The van der Waals surface area contributed by atoms with Gasteiger partial charge in [-0.15, -0.1) is 0 Å². The summed E-state index contributed by atoms with van der Waals surface area (Å²) in [6.07, 6.45) is -0.793. The molecule has 2 N–H and O–H groups in total. The molecule has 0 saturated carbocycles. The molecule has 1 saturated heterocycles. The number of hydrogen-bond acceptors (Lipinski definition) is 4. The third-order valence-corrected chi connectivity index (χ3v) is 3.96. The third-order valence-electron chi connectivity index (χ3n) is 3.96. The molecule has 1 aliphatic heterocycles. The maximum atomic E-state index is 14.1. The van der Waals surface area contributed by atoms with E-state index in [9.17, 15) is 23.5 Å². The van der Waals surface area contributed by atoms with Gasteiger partial charge in [0.2, 0.25) is 0 Å². The fourth-order valence-electron chi connectivity index (χ4n) is 2.94. The van der Waals surface area contributed by atoms with E-state index in [1.165, 1.54) is 11.0 Å². The molecule has 6 nitrogen and oxygen atoms in total. The van der Waals surface area contributed by atoms with Crippen LogP contribution in [0.2, 0.25) is 0 Å². The Bertz CT molecular complexity index is 853. The summed E-state index contributed by atoms with van der Waals surface area (Å²) in [4.78, 5) is 31.4. The van der Waals surface area contributed by atoms with Crippen LogP contribution >= 0.6 is 0 Å². The summed E-state index contributed by atoms with van der Waals surface area (Å²) in [5.41, 5.74) is -0.341. The van der Waals surface area contributed by atoms with E-state index in [2.05, 4.69) is 9.97 Å². The van der Waals surface area contributed by atoms with E-state index in [1.54, 1.807) is 6.92 Å². The number of likely N-dealkylation sites (tertiary alicyclic amines) is 1. The van der Waals surface area contributed by atoms with Gasteiger partial charge in [-0.25, -0.2) is 13.6 Å². The fraction of sp³-hybridized carbons (Fsp3) is 0.312. The first-order valence-corrected chi connectivity index (χ1v) is 7.37. The number of nitrogens with zero attached hydrogens (tertiary/aromatic N) is 2. The van der Waals surface area contributed by atoms with Crippen LogP contribution in [-0.4, -0.2) is 38.5 Å². The number of carbonyl (C=O) groups is 1. The van der Waals surface area contributed by atoms with Crippen molar-refractivity contribution in [2.45, 2.75) is 25.5 Å². The van der Waals surface area contributed by atoms with Gasteiger partial charge < -0.3 is 15.0 Å². The van der Waals surface area contributed by atoms with Crippen molar-refractivity contribution in [3.05, 3.63) is 63.3 Å². The number of benzene rings is 1. The van der Waals surface area contributed by atoms with Crippen LogP contribution in [0.1, 0.15) is 34.2 Å². The van der Waals surface area contributed by atoms with Crippen molar-refractivity contribution in [1.29, 1.82) is 0 Å². The van der Waals surface area contributed by atoms with Gasteiger partial charge in [0.25, 0.3) is 5.91 Å². The van der Waals surface area contributed by atoms with E-state index in [0.29, 0.717) is 5.69 Å². The summed E-state index contributed by atoms with van der Waals surface area (Å²) in [7, 11) is 0. The smallest absolute Gasteiger partial charge is 0.345 e. The number of amides is 1. The molecule has 1 aliphatic rings. The SMILES string of the molecule is Cc1cc(C(=O)N2C[C@@H](O)C[C@@H]2c2cc(F)ccc2F)nc(=O)[nH]1. The van der Waals surface area contributed by atoms with Gasteiger partial charge in [-0.2, -0.15) is 4.98 Å². The molecule has 1 amide bonds. The molecule has 1 fully saturated rings. The number of aromatic nitrogens is 2. The Morgan fingerprint density at radius 2 is 2.12 bits per heavy atom. The maximum absolute atomic E-state index is 14.1. The van der Waals surface area contributed by atoms with Gasteiger partial charge in [0, 0.05) is 17.8 Å². The van der Waals surface area contributed by atoms with Gasteiger partial charge in [-0.05, 0) is 37.6 Å². The summed E-state index contributed by atoms with van der Waals surface area (Å²) >= 11 is 0. The van der Waals surface area contributed by atoms with Crippen LogP contribution in [0.4, 0.5) is 8.78 Å². The number of aliphatic hydroxyl groups excluding tert-OH is 1. The van der Waals surface area contributed by atoms with Crippen molar-refractivity contribution in [3.63, 3.8) is 0 Å². The Balaban J connectivity index is 2.00. The summed E-state index contributed by atoms with van der Waals surface area (Å²) in [6.45, 7) is 1.55. The Morgan fingerprint density at radius 1 is 1.38 bits per heavy atom. The molecule has 0 spiro atoms. The van der Waals surface area contributed by atoms with Gasteiger partial charge in [-0.3, -0.25) is 4.79 Å². The number of nitrogens with one attached hydrogen (secondary N) is 1. The molecular formula is C16H15F2N3O3. The topological polar surface area (TPSA) is 86.3 Å². The Kier molecular flexibility index (Phi) is 4.15. The predicted molar refractivity (Wildman–Crippen MR) is 80.4 cm³/mol. The zero-order valence-corrected chi connectivity index (χ0v) is 12.8. The average molecular weight is 335 g/mol. The predicted octanol–water partition coefficient (Wildman–Crippen LogP) is 1.30. The molecule has 2 atom stereocenters. The van der Waals surface area contributed by atoms with Crippen molar-refractivity contribution < 1.29 is 18.7 Å². The molecule has 126 valence electrons. The fourth-order valence-corrected chi connectivity index (χ4v) is 2.94. The Labute approximate surface area is 135 Å². The minimum Gasteiger partial charge on any atom is -0.391 e. The van der Waals surface area contributed by atoms with Crippen molar-refractivity contribution >= 4 is 5.91 Å². The quantitative estimate of drug-likeness (QED) is 0.866. The highest BCUT2D eigenvalue weighted by atomic mass is 19.1. The second-order valence-corrected chi connectivity index (χ2v) is 5.78. The van der Waals surface area contributed by atoms with Crippen LogP contribution in [0.15, 0.2) is 29.1 Å². The largest absolute Gasteiger partial charge is 0.391 e. The van der Waals surface area contributed by atoms with Crippen LogP contribution in [0.5, 0.6) is 0 Å². The standard InChI is InChI=1S/C16H15F2N3O3/c1-8-4-13(20-16(24)19-8)15(23)21-7-10(22)6-14(21)11-5-9(17)2-3-12(11)18/h2-5,10,14,22H,6-7H2,1H3,(H,19,20,24)/t10-,14+/m0/s1. The molecule has 3 rings (SSSR count). The molecule has 24 heavy (non-hydrogen) atoms. The van der Waals surface area contributed by atoms with Crippen LogP contribution in [-0.2, 0) is 0 Å². The van der Waals surface area contributed by atoms with Gasteiger partial charge in [0.15, 0.2) is 0 Å². The molecule has 1 aromatic heterocycles. The number of aliphatic hydroxyl groups is 1. The molecule has 8 heteroatoms. The maximum Gasteiger partial charge on any atom is 0.345 e. The lowest BCUT2D eigenvalue weighted by molar-refractivity contribution is 0.0707. The zero-order chi connectivity index (χ0) is 17.4. The summed E-state index contributed by atoms with van der Waals surface area (Å²) in [5.74, 6) is -1.91. The summed E-state index contributed by atoms with van der Waals surface area (Å²) < 4.78 is 27.5. The van der Waals surface area contributed by atoms with Crippen LogP contribution in [0.3, 0.4) is 0 Å². The monoisotopic (exact) mass is 335 g/mol. The minimum absolute atomic E-state index is 0.0125. The van der Waals surface area contributed by atoms with Crippen LogP contribution in [0.25, 0.3) is 0 Å². The van der Waals surface area contributed by atoms with E-state index in [0.717, 1.165) is 18.2 Å². The lowest BCUT2D eigenvalue weighted by Gasteiger charge is -2.24. The summed E-state index contributed by atoms with van der Waals surface area (Å²) in [6, 6.07) is 3.54. The minimum atomic E-state index is -0.871. The van der Waals surface area contributed by atoms with Crippen molar-refractivity contribution in [1.82, 2.24) is 14.9 Å². The number of hydrogen-bond donors (Lipinski definition) is 2. The Hall–Kier alpha value is -2.61. The van der Waals surface area contributed by atoms with Crippen molar-refractivity contribution in [2.24, 2.45) is 0 Å². The molecule has 2 aromatic rings. The van der Waals surface area contributed by atoms with Gasteiger partial charge in [-0.1, -0.05) is 0 Å². The van der Waals surface area contributed by atoms with E-state index >= 15 is 0 Å². The second-order valence-electron chi connectivity index (χ2n) is 5.78. The first kappa shape index (κ1) is 16.3. The molecular weight excluding hydrogens is 320 g/mol. The second kappa shape index (κ2) is 6.12. The van der Waals surface area contributed by atoms with E-state index in [4.69, 9.17) is 0 Å². The van der Waals surface area contributed by atoms with Crippen molar-refractivity contribution in [3.8, 4) is 0 Å². The number of aromatic amines is 1. The number of carbonyl (C=O) groups excluding carboxylic acids is 1. The van der Waals surface area contributed by atoms with Gasteiger partial charge in [0.05, 0.1) is 12.1 Å². The third kappa shape index (κ3) is 3.05. The number of β-amino-alcohol motifs (C(OH)–C–C–N with tert-alkyl or cyclic N) is 1. The number of rotatable bonds is 2. The molecule has 0 bridgehead atoms. The van der Waals surface area contributed by atoms with Gasteiger partial charge >= 0.3 is 5.69 Å².